The summed E-state index contributed by atoms with van der Waals surface area (Å²) in [7, 11) is -2.21. The van der Waals surface area contributed by atoms with Gasteiger partial charge in [-0.15, -0.1) is 0 Å². The molecule has 1 aliphatic heterocycles. The van der Waals surface area contributed by atoms with Gasteiger partial charge in [0.15, 0.2) is 0 Å². The van der Waals surface area contributed by atoms with Crippen LogP contribution in [0.15, 0.2) is 53.6 Å². The van der Waals surface area contributed by atoms with Gasteiger partial charge in [-0.3, -0.25) is 14.6 Å². The number of hydrogen-bond acceptors (Lipinski definition) is 6. The van der Waals surface area contributed by atoms with E-state index < -0.39 is 22.0 Å². The normalized spacial score (nSPS) is 17.9. The Hall–Kier alpha value is -2.98. The van der Waals surface area contributed by atoms with Crippen LogP contribution in [0.2, 0.25) is 0 Å². The second kappa shape index (κ2) is 10.6. The van der Waals surface area contributed by atoms with Gasteiger partial charge >= 0.3 is 0 Å². The van der Waals surface area contributed by atoms with E-state index in [1.54, 1.807) is 37.4 Å². The van der Waals surface area contributed by atoms with E-state index in [2.05, 4.69) is 15.6 Å². The van der Waals surface area contributed by atoms with Gasteiger partial charge in [0.2, 0.25) is 21.8 Å². The largest absolute Gasteiger partial charge is 0.497 e. The first-order valence-corrected chi connectivity index (χ1v) is 11.9. The number of methoxy groups -OCH3 is 1. The lowest BCUT2D eigenvalue weighted by Crippen LogP contribution is -2.50. The van der Waals surface area contributed by atoms with Crippen molar-refractivity contribution in [1.82, 2.24) is 19.9 Å². The maximum absolute atomic E-state index is 13.0. The van der Waals surface area contributed by atoms with Crippen LogP contribution in [0.3, 0.4) is 0 Å². The first-order valence-electron chi connectivity index (χ1n) is 10.4. The molecule has 2 amide bonds. The molecule has 0 radical (unpaired) electrons. The molecule has 1 aromatic heterocycles. The number of carbonyl (C=O) groups is 2. The fraction of sp³-hybridized carbons (Fsp3) is 0.409. The molecule has 0 aliphatic carbocycles. The van der Waals surface area contributed by atoms with E-state index >= 15 is 0 Å². The molecule has 1 aromatic carbocycles. The van der Waals surface area contributed by atoms with Crippen LogP contribution < -0.4 is 15.4 Å². The summed E-state index contributed by atoms with van der Waals surface area (Å²) in [5, 5.41) is 5.44. The Bertz CT molecular complexity index is 1030. The third-order valence-electron chi connectivity index (χ3n) is 5.37. The van der Waals surface area contributed by atoms with Crippen LogP contribution in [0.4, 0.5) is 0 Å². The summed E-state index contributed by atoms with van der Waals surface area (Å²) in [4.78, 5) is 29.4. The first kappa shape index (κ1) is 23.7. The number of carbonyl (C=O) groups excluding carboxylic acids is 2. The Morgan fingerprint density at radius 2 is 1.97 bits per heavy atom. The van der Waals surface area contributed by atoms with E-state index in [9.17, 15) is 18.0 Å². The minimum Gasteiger partial charge on any atom is -0.497 e. The first-order chi connectivity index (χ1) is 15.3. The van der Waals surface area contributed by atoms with Crippen LogP contribution >= 0.6 is 0 Å². The van der Waals surface area contributed by atoms with Crippen LogP contribution in [0, 0.1) is 5.92 Å². The number of rotatable bonds is 8. The molecule has 1 saturated heterocycles. The number of amides is 2. The molecule has 2 atom stereocenters. The SMILES string of the molecule is COc1ccc(S(=O)(=O)N2CCC[C@@H](C(=O)N[C@@H](C)C(=O)NCc3ccccn3)C2)cc1. The van der Waals surface area contributed by atoms with Gasteiger partial charge in [0.05, 0.1) is 30.2 Å². The van der Waals surface area contributed by atoms with E-state index in [1.807, 2.05) is 6.07 Å². The van der Waals surface area contributed by atoms with Crippen LogP contribution in [-0.4, -0.2) is 55.8 Å². The van der Waals surface area contributed by atoms with Gasteiger partial charge in [-0.25, -0.2) is 8.42 Å². The van der Waals surface area contributed by atoms with E-state index in [0.717, 1.165) is 0 Å². The van der Waals surface area contributed by atoms with Crippen LogP contribution in [0.25, 0.3) is 0 Å². The summed E-state index contributed by atoms with van der Waals surface area (Å²) in [6.45, 7) is 2.28. The molecule has 9 nitrogen and oxygen atoms in total. The molecule has 1 aliphatic rings. The Balaban J connectivity index is 1.56. The standard InChI is InChI=1S/C22H28N4O5S/c1-16(21(27)24-14-18-7-3-4-12-23-18)25-22(28)17-6-5-13-26(15-17)32(29,30)20-10-8-19(31-2)9-11-20/h3-4,7-12,16-17H,5-6,13-15H2,1-2H3,(H,24,27)(H,25,28)/t16-,17+/m0/s1. The number of hydrogen-bond donors (Lipinski definition) is 2. The second-order valence-corrected chi connectivity index (χ2v) is 9.58. The predicted molar refractivity (Wildman–Crippen MR) is 118 cm³/mol. The van der Waals surface area contributed by atoms with Crippen molar-refractivity contribution in [3.8, 4) is 5.75 Å². The van der Waals surface area contributed by atoms with Crippen LogP contribution in [0.5, 0.6) is 5.75 Å². The lowest BCUT2D eigenvalue weighted by atomic mass is 9.98. The Labute approximate surface area is 188 Å². The monoisotopic (exact) mass is 460 g/mol. The molecule has 2 heterocycles. The highest BCUT2D eigenvalue weighted by atomic mass is 32.2. The fourth-order valence-electron chi connectivity index (χ4n) is 3.50. The van der Waals surface area contributed by atoms with Crippen molar-refractivity contribution in [3.05, 3.63) is 54.4 Å². The predicted octanol–water partition coefficient (Wildman–Crippen LogP) is 1.31. The molecule has 10 heteroatoms. The maximum Gasteiger partial charge on any atom is 0.243 e. The summed E-state index contributed by atoms with van der Waals surface area (Å²) < 4.78 is 32.4. The fourth-order valence-corrected chi connectivity index (χ4v) is 5.03. The van der Waals surface area contributed by atoms with Gasteiger partial charge in [-0.2, -0.15) is 4.31 Å². The van der Waals surface area contributed by atoms with Gasteiger partial charge in [-0.1, -0.05) is 6.07 Å². The third-order valence-corrected chi connectivity index (χ3v) is 7.25. The molecule has 0 unspecified atom stereocenters. The van der Waals surface area contributed by atoms with E-state index in [4.69, 9.17) is 4.74 Å². The summed E-state index contributed by atoms with van der Waals surface area (Å²) in [5.41, 5.74) is 0.714. The number of nitrogens with zero attached hydrogens (tertiary/aromatic N) is 2. The summed E-state index contributed by atoms with van der Waals surface area (Å²) in [6.07, 6.45) is 2.76. The molecule has 0 bridgehead atoms. The second-order valence-electron chi connectivity index (χ2n) is 7.65. The molecule has 2 N–H and O–H groups in total. The molecule has 3 rings (SSSR count). The van der Waals surface area contributed by atoms with Crippen LogP contribution in [-0.2, 0) is 26.2 Å². The number of piperidine rings is 1. The Morgan fingerprint density at radius 3 is 2.62 bits per heavy atom. The smallest absolute Gasteiger partial charge is 0.243 e. The Kier molecular flexibility index (Phi) is 7.81. The van der Waals surface area contributed by atoms with Gasteiger partial charge < -0.3 is 15.4 Å². The number of sulfonamides is 1. The van der Waals surface area contributed by atoms with Crippen molar-refractivity contribution >= 4 is 21.8 Å². The minimum atomic E-state index is -3.73. The molecular weight excluding hydrogens is 432 g/mol. The number of benzene rings is 1. The van der Waals surface area contributed by atoms with Crippen molar-refractivity contribution in [1.29, 1.82) is 0 Å². The molecule has 2 aromatic rings. The third kappa shape index (κ3) is 5.83. The number of nitrogens with one attached hydrogen (secondary N) is 2. The summed E-state index contributed by atoms with van der Waals surface area (Å²) in [5.74, 6) is -0.624. The zero-order valence-electron chi connectivity index (χ0n) is 18.2. The summed E-state index contributed by atoms with van der Waals surface area (Å²) in [6, 6.07) is 10.8. The van der Waals surface area contributed by atoms with E-state index in [1.165, 1.54) is 23.5 Å². The van der Waals surface area contributed by atoms with E-state index in [-0.39, 0.29) is 29.8 Å². The Morgan fingerprint density at radius 1 is 1.22 bits per heavy atom. The van der Waals surface area contributed by atoms with Crippen molar-refractivity contribution in [3.63, 3.8) is 0 Å². The quantitative estimate of drug-likeness (QED) is 0.613. The molecule has 1 fully saturated rings. The number of aromatic nitrogens is 1. The molecule has 32 heavy (non-hydrogen) atoms. The lowest BCUT2D eigenvalue weighted by Gasteiger charge is -2.31. The van der Waals surface area contributed by atoms with Gasteiger partial charge in [0.1, 0.15) is 11.8 Å². The van der Waals surface area contributed by atoms with Gasteiger partial charge in [0, 0.05) is 19.3 Å². The van der Waals surface area contributed by atoms with Crippen molar-refractivity contribution < 1.29 is 22.7 Å². The highest BCUT2D eigenvalue weighted by Gasteiger charge is 2.34. The number of pyridine rings is 1. The highest BCUT2D eigenvalue weighted by Crippen LogP contribution is 2.25. The molecule has 0 spiro atoms. The van der Waals surface area contributed by atoms with Crippen molar-refractivity contribution in [2.45, 2.75) is 37.2 Å². The molecule has 0 saturated carbocycles. The molecule has 172 valence electrons. The maximum atomic E-state index is 13.0. The minimum absolute atomic E-state index is 0.0719. The van der Waals surface area contributed by atoms with Gasteiger partial charge in [-0.05, 0) is 56.2 Å². The van der Waals surface area contributed by atoms with Crippen LogP contribution in [0.1, 0.15) is 25.5 Å². The van der Waals surface area contributed by atoms with Gasteiger partial charge in [0.25, 0.3) is 0 Å². The average molecular weight is 461 g/mol. The van der Waals surface area contributed by atoms with Crippen molar-refractivity contribution in [2.75, 3.05) is 20.2 Å². The highest BCUT2D eigenvalue weighted by molar-refractivity contribution is 7.89. The van der Waals surface area contributed by atoms with Crippen molar-refractivity contribution in [2.24, 2.45) is 5.92 Å². The van der Waals surface area contributed by atoms with E-state index in [0.29, 0.717) is 30.8 Å². The number of ether oxygens (including phenoxy) is 1. The zero-order chi connectivity index (χ0) is 23.1. The average Bonchev–Trinajstić information content (AvgIpc) is 2.83. The molecular formula is C22H28N4O5S. The lowest BCUT2D eigenvalue weighted by molar-refractivity contribution is -0.131. The topological polar surface area (TPSA) is 118 Å². The zero-order valence-corrected chi connectivity index (χ0v) is 19.0. The summed E-state index contributed by atoms with van der Waals surface area (Å²) >= 11 is 0.